The maximum atomic E-state index is 13.6. The molecular weight excluding hydrogens is 753 g/mol. The molecule has 6 heteroatoms. The fourth-order valence-corrected chi connectivity index (χ4v) is 9.83. The van der Waals surface area contributed by atoms with Crippen LogP contribution in [0.1, 0.15) is 64.5 Å². The molecule has 6 aromatic carbocycles. The molecule has 0 unspecified atom stereocenters. The van der Waals surface area contributed by atoms with Gasteiger partial charge in [0.25, 0.3) is 0 Å². The summed E-state index contributed by atoms with van der Waals surface area (Å²) in [6, 6.07) is 47.5. The predicted molar refractivity (Wildman–Crippen MR) is 250 cm³/mol. The van der Waals surface area contributed by atoms with Crippen molar-refractivity contribution < 1.29 is 8.83 Å². The van der Waals surface area contributed by atoms with Crippen LogP contribution < -0.4 is 21.1 Å². The maximum Gasteiger partial charge on any atom is 0.344 e. The average molecular weight is 801 g/mol. The summed E-state index contributed by atoms with van der Waals surface area (Å²) < 4.78 is 11.9. The van der Waals surface area contributed by atoms with Gasteiger partial charge in [0.05, 0.1) is 11.1 Å². The van der Waals surface area contributed by atoms with Crippen molar-refractivity contribution >= 4 is 33.3 Å². The molecule has 0 saturated heterocycles. The van der Waals surface area contributed by atoms with E-state index < -0.39 is 0 Å². The average Bonchev–Trinajstić information content (AvgIpc) is 4.24. The van der Waals surface area contributed by atoms with Gasteiger partial charge in [-0.2, -0.15) is 0 Å². The first-order chi connectivity index (χ1) is 29.7. The molecule has 0 radical (unpaired) electrons. The van der Waals surface area contributed by atoms with Crippen LogP contribution in [-0.2, 0) is 5.41 Å². The highest BCUT2D eigenvalue weighted by Gasteiger charge is 2.39. The summed E-state index contributed by atoms with van der Waals surface area (Å²) in [6.45, 7) is 10.6. The Kier molecular flexibility index (Phi) is 8.71. The van der Waals surface area contributed by atoms with E-state index in [0.29, 0.717) is 34.4 Å². The van der Waals surface area contributed by atoms with Gasteiger partial charge in [0, 0.05) is 64.9 Å². The van der Waals surface area contributed by atoms with Crippen LogP contribution in [0.2, 0.25) is 0 Å². The molecule has 6 nitrogen and oxygen atoms in total. The highest BCUT2D eigenvalue weighted by Crippen LogP contribution is 2.51. The minimum Gasteiger partial charge on any atom is -0.422 e. The third-order valence-electron chi connectivity index (χ3n) is 13.4. The largest absolute Gasteiger partial charge is 0.422 e. The lowest BCUT2D eigenvalue weighted by Gasteiger charge is -2.24. The third kappa shape index (κ3) is 6.48. The Labute approximate surface area is 355 Å². The molecule has 0 amide bonds. The van der Waals surface area contributed by atoms with Crippen LogP contribution >= 0.6 is 0 Å². The van der Waals surface area contributed by atoms with Gasteiger partial charge in [0.2, 0.25) is 0 Å². The zero-order valence-electron chi connectivity index (χ0n) is 35.1. The maximum absolute atomic E-state index is 13.6. The van der Waals surface area contributed by atoms with E-state index in [9.17, 15) is 9.59 Å². The zero-order valence-corrected chi connectivity index (χ0v) is 35.1. The van der Waals surface area contributed by atoms with Gasteiger partial charge in [-0.25, -0.2) is 9.59 Å². The molecule has 2 fully saturated rings. The van der Waals surface area contributed by atoms with Crippen molar-refractivity contribution in [3.63, 3.8) is 0 Å². The summed E-state index contributed by atoms with van der Waals surface area (Å²) in [4.78, 5) is 31.8. The van der Waals surface area contributed by atoms with E-state index in [1.165, 1.54) is 47.9 Å². The lowest BCUT2D eigenvalue weighted by molar-refractivity contribution is 0.563. The first-order valence-electron chi connectivity index (χ1n) is 21.9. The lowest BCUT2D eigenvalue weighted by Crippen LogP contribution is -2.27. The van der Waals surface area contributed by atoms with Gasteiger partial charge in [-0.05, 0) is 156 Å². The van der Waals surface area contributed by atoms with Crippen molar-refractivity contribution in [2.45, 2.75) is 70.9 Å². The summed E-state index contributed by atoms with van der Waals surface area (Å²) in [6.07, 6.45) is 4.97. The van der Waals surface area contributed by atoms with Crippen molar-refractivity contribution in [3.05, 3.63) is 165 Å². The van der Waals surface area contributed by atoms with Gasteiger partial charge in [-0.15, -0.1) is 0 Å². The van der Waals surface area contributed by atoms with E-state index in [1.807, 2.05) is 48.5 Å². The van der Waals surface area contributed by atoms with Crippen molar-refractivity contribution in [2.75, 3.05) is 22.9 Å². The molecule has 0 bridgehead atoms. The van der Waals surface area contributed by atoms with Crippen LogP contribution in [0.15, 0.2) is 152 Å². The summed E-state index contributed by atoms with van der Waals surface area (Å²) >= 11 is 0. The summed E-state index contributed by atoms with van der Waals surface area (Å²) in [5.41, 5.74) is 14.6. The lowest BCUT2D eigenvalue weighted by atomic mass is 9.82. The van der Waals surface area contributed by atoms with Gasteiger partial charge >= 0.3 is 11.3 Å². The van der Waals surface area contributed by atoms with Crippen molar-refractivity contribution in [3.8, 4) is 55.6 Å². The van der Waals surface area contributed by atoms with Crippen molar-refractivity contribution in [2.24, 2.45) is 0 Å². The molecule has 2 aromatic heterocycles. The number of rotatable bonds is 10. The molecule has 2 heterocycles. The Bertz CT molecular complexity index is 3170. The Hall–Kier alpha value is -6.66. The van der Waals surface area contributed by atoms with Crippen LogP contribution in [0.3, 0.4) is 0 Å². The fourth-order valence-electron chi connectivity index (χ4n) is 9.83. The highest BCUT2D eigenvalue weighted by molar-refractivity contribution is 5.90. The smallest absolute Gasteiger partial charge is 0.344 e. The molecule has 11 rings (SSSR count). The molecule has 0 spiro atoms. The molecule has 302 valence electrons. The second kappa shape index (κ2) is 14.2. The predicted octanol–water partition coefficient (Wildman–Crippen LogP) is 12.9. The van der Waals surface area contributed by atoms with Crippen molar-refractivity contribution in [1.82, 2.24) is 0 Å². The van der Waals surface area contributed by atoms with Gasteiger partial charge in [-0.3, -0.25) is 0 Å². The minimum absolute atomic E-state index is 0.182. The molecular formula is C55H48N2O4. The van der Waals surface area contributed by atoms with E-state index in [4.69, 9.17) is 8.83 Å². The van der Waals surface area contributed by atoms with E-state index in [1.54, 1.807) is 0 Å². The number of hydrogen-bond donors (Lipinski definition) is 0. The first-order valence-corrected chi connectivity index (χ1v) is 21.9. The fraction of sp³-hybridized carbons (Fsp3) is 0.236. The standard InChI is InChI=1S/C55H48N2O4/c1-5-56(6-2)43-17-13-39-29-45(53(58)60-51(39)31-43)37-11-7-9-33(25-37)35-15-23-49-47(27-35)48-28-36(16-24-50(48)55(49,3)4)34-10-8-12-38(26-34)46-30-40-14-18-44(32-52(40)61-54(46)59)57(41-19-20-41)42-21-22-42/h7-18,23-32,41-42H,5-6,19-22H2,1-4H3. The molecule has 3 aliphatic rings. The highest BCUT2D eigenvalue weighted by atomic mass is 16.4. The van der Waals surface area contributed by atoms with Crippen LogP contribution in [0, 0.1) is 0 Å². The second-order valence-corrected chi connectivity index (χ2v) is 17.7. The first kappa shape index (κ1) is 37.3. The van der Waals surface area contributed by atoms with Crippen LogP contribution in [-0.4, -0.2) is 25.2 Å². The van der Waals surface area contributed by atoms with Crippen LogP contribution in [0.5, 0.6) is 0 Å². The number of nitrogens with zero attached hydrogens (tertiary/aromatic N) is 2. The molecule has 61 heavy (non-hydrogen) atoms. The molecule has 3 aliphatic carbocycles. The van der Waals surface area contributed by atoms with Crippen LogP contribution in [0.4, 0.5) is 11.4 Å². The van der Waals surface area contributed by atoms with Crippen molar-refractivity contribution in [1.29, 1.82) is 0 Å². The summed E-state index contributed by atoms with van der Waals surface area (Å²) in [5, 5.41) is 1.82. The Morgan fingerprint density at radius 1 is 0.492 bits per heavy atom. The molecule has 8 aromatic rings. The van der Waals surface area contributed by atoms with E-state index >= 15 is 0 Å². The van der Waals surface area contributed by atoms with E-state index in [2.05, 4.69) is 122 Å². The van der Waals surface area contributed by atoms with Gasteiger partial charge < -0.3 is 18.6 Å². The SMILES string of the molecule is CCN(CC)c1ccc2cc(-c3cccc(-c4ccc5c(c4)-c4cc(-c6cccc(-c7cc8ccc(N(C9CC9)C9CC9)cc8oc7=O)c6)ccc4C5(C)C)c3)c(=O)oc2c1. The number of benzene rings is 6. The third-order valence-corrected chi connectivity index (χ3v) is 13.4. The quantitative estimate of drug-likeness (QED) is 0.128. The Morgan fingerprint density at radius 3 is 1.41 bits per heavy atom. The number of hydrogen-bond acceptors (Lipinski definition) is 6. The Balaban J connectivity index is 0.915. The van der Waals surface area contributed by atoms with Gasteiger partial charge in [0.15, 0.2) is 0 Å². The number of anilines is 2. The normalized spacial score (nSPS) is 15.2. The summed E-state index contributed by atoms with van der Waals surface area (Å²) in [5.74, 6) is 0. The molecule has 0 N–H and O–H groups in total. The van der Waals surface area contributed by atoms with Gasteiger partial charge in [0.1, 0.15) is 11.2 Å². The Morgan fingerprint density at radius 2 is 0.934 bits per heavy atom. The van der Waals surface area contributed by atoms with E-state index in [0.717, 1.165) is 68.6 Å². The topological polar surface area (TPSA) is 66.9 Å². The number of fused-ring (bicyclic) bond motifs is 5. The molecule has 2 saturated carbocycles. The summed E-state index contributed by atoms with van der Waals surface area (Å²) in [7, 11) is 0. The van der Waals surface area contributed by atoms with Gasteiger partial charge in [-0.1, -0.05) is 74.5 Å². The monoisotopic (exact) mass is 800 g/mol. The molecule has 0 aliphatic heterocycles. The van der Waals surface area contributed by atoms with Crippen LogP contribution in [0.25, 0.3) is 77.6 Å². The molecule has 0 atom stereocenters. The van der Waals surface area contributed by atoms with E-state index in [-0.39, 0.29) is 16.7 Å². The minimum atomic E-state index is -0.345. The second-order valence-electron chi connectivity index (χ2n) is 17.7. The zero-order chi connectivity index (χ0) is 41.6.